The Kier molecular flexibility index (Phi) is 6.27. The maximum Gasteiger partial charge on any atom is 0.264 e. The van der Waals surface area contributed by atoms with Crippen molar-refractivity contribution in [1.82, 2.24) is 0 Å². The number of para-hydroxylation sites is 1. The molecule has 0 fully saturated rings. The molecule has 0 atom stereocenters. The predicted molar refractivity (Wildman–Crippen MR) is 112 cm³/mol. The van der Waals surface area contributed by atoms with E-state index in [1.54, 1.807) is 72.8 Å². The van der Waals surface area contributed by atoms with Gasteiger partial charge in [0.2, 0.25) is 5.91 Å². The van der Waals surface area contributed by atoms with Crippen molar-refractivity contribution in [2.75, 3.05) is 16.2 Å². The number of carbonyl (C=O) groups excluding carboxylic acids is 1. The molecule has 0 aliphatic carbocycles. The highest BCUT2D eigenvalue weighted by Crippen LogP contribution is 2.23. The van der Waals surface area contributed by atoms with Gasteiger partial charge in [0.25, 0.3) is 10.0 Å². The number of hydrogen-bond acceptors (Lipinski definition) is 4. The minimum Gasteiger partial charge on any atom is -0.325 e. The number of anilines is 2. The summed E-state index contributed by atoms with van der Waals surface area (Å²) in [6.07, 6.45) is 0.283. The Morgan fingerprint density at radius 1 is 0.897 bits per heavy atom. The van der Waals surface area contributed by atoms with E-state index in [4.69, 9.17) is 5.26 Å². The van der Waals surface area contributed by atoms with Gasteiger partial charge < -0.3 is 5.32 Å². The molecule has 3 aromatic carbocycles. The first kappa shape index (κ1) is 20.1. The van der Waals surface area contributed by atoms with Crippen molar-refractivity contribution in [3.05, 3.63) is 90.5 Å². The molecule has 7 heteroatoms. The van der Waals surface area contributed by atoms with Crippen LogP contribution in [0.2, 0.25) is 0 Å². The van der Waals surface area contributed by atoms with E-state index in [9.17, 15) is 13.2 Å². The number of benzene rings is 3. The fraction of sp³-hybridized carbons (Fsp3) is 0.0909. The van der Waals surface area contributed by atoms with Gasteiger partial charge in [-0.2, -0.15) is 5.26 Å². The summed E-state index contributed by atoms with van der Waals surface area (Å²) >= 11 is 0. The van der Waals surface area contributed by atoms with Crippen LogP contribution in [0.1, 0.15) is 5.56 Å². The smallest absolute Gasteiger partial charge is 0.264 e. The van der Waals surface area contributed by atoms with Gasteiger partial charge >= 0.3 is 0 Å². The summed E-state index contributed by atoms with van der Waals surface area (Å²) in [7, 11) is -3.92. The number of rotatable bonds is 7. The lowest BCUT2D eigenvalue weighted by molar-refractivity contribution is -0.114. The van der Waals surface area contributed by atoms with Gasteiger partial charge in [-0.15, -0.1) is 0 Å². The van der Waals surface area contributed by atoms with Crippen molar-refractivity contribution < 1.29 is 13.2 Å². The molecule has 0 aliphatic rings. The summed E-state index contributed by atoms with van der Waals surface area (Å²) in [6.45, 7) is -0.374. The van der Waals surface area contributed by atoms with Gasteiger partial charge in [0.05, 0.1) is 23.1 Å². The largest absolute Gasteiger partial charge is 0.325 e. The molecule has 0 radical (unpaired) electrons. The number of nitrogens with zero attached hydrogens (tertiary/aromatic N) is 2. The average molecular weight is 405 g/mol. The Bertz CT molecular complexity index is 1110. The molecular weight excluding hydrogens is 386 g/mol. The summed E-state index contributed by atoms with van der Waals surface area (Å²) in [5.41, 5.74) is 1.76. The zero-order valence-electron chi connectivity index (χ0n) is 15.5. The first-order valence-corrected chi connectivity index (χ1v) is 10.3. The SMILES string of the molecule is N#CCc1ccc(NC(=O)CN(c2ccccc2)S(=O)(=O)c2ccccc2)cc1. The fourth-order valence-corrected chi connectivity index (χ4v) is 4.20. The van der Waals surface area contributed by atoms with Crippen molar-refractivity contribution in [3.8, 4) is 6.07 Å². The van der Waals surface area contributed by atoms with Crippen molar-refractivity contribution in [1.29, 1.82) is 5.26 Å². The molecule has 1 N–H and O–H groups in total. The molecule has 0 saturated heterocycles. The lowest BCUT2D eigenvalue weighted by Gasteiger charge is -2.24. The highest BCUT2D eigenvalue weighted by atomic mass is 32.2. The van der Waals surface area contributed by atoms with Crippen LogP contribution in [0.15, 0.2) is 89.8 Å². The number of hydrogen-bond donors (Lipinski definition) is 1. The molecular formula is C22H19N3O3S. The third-order valence-corrected chi connectivity index (χ3v) is 5.97. The quantitative estimate of drug-likeness (QED) is 0.650. The van der Waals surface area contributed by atoms with Gasteiger partial charge in [0.15, 0.2) is 0 Å². The van der Waals surface area contributed by atoms with E-state index in [1.807, 2.05) is 0 Å². The monoisotopic (exact) mass is 405 g/mol. The fourth-order valence-electron chi connectivity index (χ4n) is 2.76. The van der Waals surface area contributed by atoms with E-state index in [1.165, 1.54) is 12.1 Å². The summed E-state index contributed by atoms with van der Waals surface area (Å²) in [6, 6.07) is 25.4. The van der Waals surface area contributed by atoms with Crippen LogP contribution < -0.4 is 9.62 Å². The van der Waals surface area contributed by atoms with Crippen LogP contribution in [-0.2, 0) is 21.2 Å². The minimum atomic E-state index is -3.92. The zero-order valence-corrected chi connectivity index (χ0v) is 16.3. The lowest BCUT2D eigenvalue weighted by Crippen LogP contribution is -2.38. The highest BCUT2D eigenvalue weighted by Gasteiger charge is 2.26. The average Bonchev–Trinajstić information content (AvgIpc) is 2.75. The second-order valence-electron chi connectivity index (χ2n) is 6.24. The third kappa shape index (κ3) is 5.00. The van der Waals surface area contributed by atoms with Gasteiger partial charge in [-0.1, -0.05) is 48.5 Å². The number of nitrogens with one attached hydrogen (secondary N) is 1. The molecule has 0 aliphatic heterocycles. The van der Waals surface area contributed by atoms with Crippen molar-refractivity contribution in [2.45, 2.75) is 11.3 Å². The van der Waals surface area contributed by atoms with E-state index < -0.39 is 15.9 Å². The predicted octanol–water partition coefficient (Wildman–Crippen LogP) is 3.59. The minimum absolute atomic E-state index is 0.109. The normalized spacial score (nSPS) is 10.7. The Hall–Kier alpha value is -3.63. The second-order valence-corrected chi connectivity index (χ2v) is 8.10. The summed E-state index contributed by atoms with van der Waals surface area (Å²) in [5, 5.41) is 11.4. The van der Waals surface area contributed by atoms with Crippen LogP contribution in [0.25, 0.3) is 0 Å². The van der Waals surface area contributed by atoms with Crippen molar-refractivity contribution in [3.63, 3.8) is 0 Å². The third-order valence-electron chi connectivity index (χ3n) is 4.18. The van der Waals surface area contributed by atoms with Gasteiger partial charge in [-0.25, -0.2) is 8.42 Å². The topological polar surface area (TPSA) is 90.3 Å². The Balaban J connectivity index is 1.84. The van der Waals surface area contributed by atoms with Crippen LogP contribution in [0, 0.1) is 11.3 Å². The van der Waals surface area contributed by atoms with E-state index in [-0.39, 0.29) is 17.9 Å². The molecule has 146 valence electrons. The molecule has 1 amide bonds. The number of carbonyl (C=O) groups is 1. The van der Waals surface area contributed by atoms with Gasteiger partial charge in [0, 0.05) is 5.69 Å². The van der Waals surface area contributed by atoms with Crippen molar-refractivity contribution in [2.24, 2.45) is 0 Å². The maximum absolute atomic E-state index is 13.2. The molecule has 3 rings (SSSR count). The summed E-state index contributed by atoms with van der Waals surface area (Å²) in [5.74, 6) is -0.471. The summed E-state index contributed by atoms with van der Waals surface area (Å²) < 4.78 is 27.4. The lowest BCUT2D eigenvalue weighted by atomic mass is 10.1. The zero-order chi connectivity index (χ0) is 20.7. The molecule has 0 heterocycles. The maximum atomic E-state index is 13.2. The molecule has 0 aromatic heterocycles. The number of amides is 1. The Morgan fingerprint density at radius 3 is 2.07 bits per heavy atom. The van der Waals surface area contributed by atoms with E-state index in [0.29, 0.717) is 11.4 Å². The first-order chi connectivity index (χ1) is 14.0. The Morgan fingerprint density at radius 2 is 1.48 bits per heavy atom. The first-order valence-electron chi connectivity index (χ1n) is 8.89. The van der Waals surface area contributed by atoms with E-state index in [0.717, 1.165) is 9.87 Å². The molecule has 6 nitrogen and oxygen atoms in total. The van der Waals surface area contributed by atoms with Crippen LogP contribution in [0.5, 0.6) is 0 Å². The van der Waals surface area contributed by atoms with Gasteiger partial charge in [-0.3, -0.25) is 9.10 Å². The molecule has 3 aromatic rings. The van der Waals surface area contributed by atoms with Gasteiger partial charge in [-0.05, 0) is 42.0 Å². The van der Waals surface area contributed by atoms with Crippen LogP contribution in [0.4, 0.5) is 11.4 Å². The number of sulfonamides is 1. The summed E-state index contributed by atoms with van der Waals surface area (Å²) in [4.78, 5) is 12.7. The Labute approximate surface area is 170 Å². The molecule has 0 bridgehead atoms. The highest BCUT2D eigenvalue weighted by molar-refractivity contribution is 7.92. The van der Waals surface area contributed by atoms with E-state index in [2.05, 4.69) is 11.4 Å². The van der Waals surface area contributed by atoms with Crippen LogP contribution >= 0.6 is 0 Å². The van der Waals surface area contributed by atoms with E-state index >= 15 is 0 Å². The standard InChI is InChI=1S/C22H19N3O3S/c23-16-15-18-11-13-19(14-12-18)24-22(26)17-25(20-7-3-1-4-8-20)29(27,28)21-9-5-2-6-10-21/h1-14H,15,17H2,(H,24,26). The van der Waals surface area contributed by atoms with Crippen LogP contribution in [0.3, 0.4) is 0 Å². The second kappa shape index (κ2) is 9.04. The molecule has 0 saturated carbocycles. The van der Waals surface area contributed by atoms with Gasteiger partial charge in [0.1, 0.15) is 6.54 Å². The molecule has 0 unspecified atom stereocenters. The van der Waals surface area contributed by atoms with Crippen molar-refractivity contribution >= 4 is 27.3 Å². The number of nitriles is 1. The molecule has 29 heavy (non-hydrogen) atoms. The van der Waals surface area contributed by atoms with Crippen LogP contribution in [-0.4, -0.2) is 20.9 Å². The molecule has 0 spiro atoms.